The van der Waals surface area contributed by atoms with Crippen molar-refractivity contribution in [1.29, 1.82) is 0 Å². The second kappa shape index (κ2) is 5.03. The predicted molar refractivity (Wildman–Crippen MR) is 80.3 cm³/mol. The van der Waals surface area contributed by atoms with Crippen LogP contribution in [-0.2, 0) is 6.42 Å². The van der Waals surface area contributed by atoms with Gasteiger partial charge in [-0.1, -0.05) is 12.1 Å². The number of nitrogen functional groups attached to an aromatic ring is 1. The van der Waals surface area contributed by atoms with Crippen LogP contribution in [0.5, 0.6) is 0 Å². The highest BCUT2D eigenvalue weighted by atomic mass is 127. The van der Waals surface area contributed by atoms with Crippen LogP contribution in [0.15, 0.2) is 24.3 Å². The van der Waals surface area contributed by atoms with Crippen LogP contribution in [0.3, 0.4) is 0 Å². The van der Waals surface area contributed by atoms with Crippen molar-refractivity contribution < 1.29 is 4.39 Å². The third-order valence-electron chi connectivity index (χ3n) is 3.16. The van der Waals surface area contributed by atoms with Crippen LogP contribution in [0, 0.1) is 9.39 Å². The molecule has 98 valence electrons. The normalized spacial score (nSPS) is 14.6. The lowest BCUT2D eigenvalue weighted by molar-refractivity contribution is 0.625. The Balaban J connectivity index is 1.92. The van der Waals surface area contributed by atoms with Gasteiger partial charge in [-0.05, 0) is 53.1 Å². The number of nitrogens with two attached hydrogens (primary N) is 1. The fourth-order valence-corrected chi connectivity index (χ4v) is 2.75. The molecule has 0 bridgehead atoms. The van der Waals surface area contributed by atoms with Crippen LogP contribution >= 0.6 is 22.6 Å². The molecule has 3 nitrogen and oxygen atoms in total. The smallest absolute Gasteiger partial charge is 0.140 e. The lowest BCUT2D eigenvalue weighted by Crippen LogP contribution is -2.07. The van der Waals surface area contributed by atoms with Crippen molar-refractivity contribution in [2.45, 2.75) is 25.2 Å². The van der Waals surface area contributed by atoms with Crippen molar-refractivity contribution in [1.82, 2.24) is 9.97 Å². The maximum Gasteiger partial charge on any atom is 0.140 e. The van der Waals surface area contributed by atoms with Crippen molar-refractivity contribution >= 4 is 28.4 Å². The second-order valence-corrected chi connectivity index (χ2v) is 5.88. The molecule has 2 aromatic rings. The first-order valence-electron chi connectivity index (χ1n) is 6.19. The first kappa shape index (κ1) is 12.8. The fourth-order valence-electron chi connectivity index (χ4n) is 2.07. The molecule has 0 radical (unpaired) electrons. The summed E-state index contributed by atoms with van der Waals surface area (Å²) < 4.78 is 14.1. The molecule has 0 saturated heterocycles. The number of halogens is 2. The molecule has 0 spiro atoms. The van der Waals surface area contributed by atoms with Crippen molar-refractivity contribution in [2.75, 3.05) is 5.73 Å². The van der Waals surface area contributed by atoms with Crippen LogP contribution in [0.1, 0.15) is 35.8 Å². The first-order valence-corrected chi connectivity index (χ1v) is 7.27. The highest BCUT2D eigenvalue weighted by Gasteiger charge is 2.28. The van der Waals surface area contributed by atoms with Crippen molar-refractivity contribution in [2.24, 2.45) is 0 Å². The molecule has 1 fully saturated rings. The summed E-state index contributed by atoms with van der Waals surface area (Å²) in [5.74, 6) is 1.50. The standard InChI is InChI=1S/C14H13FIN3/c15-10-3-1-2-8(6-10)7-11-18-13(9-4-5-9)12(16)14(17)19-11/h1-3,6,9H,4-5,7H2,(H2,17,18,19). The molecule has 0 aliphatic heterocycles. The average molecular weight is 369 g/mol. The van der Waals surface area contributed by atoms with Crippen LogP contribution in [0.4, 0.5) is 10.2 Å². The lowest BCUT2D eigenvalue weighted by Gasteiger charge is -2.08. The van der Waals surface area contributed by atoms with Crippen molar-refractivity contribution in [3.8, 4) is 0 Å². The summed E-state index contributed by atoms with van der Waals surface area (Å²) in [5, 5.41) is 0. The minimum atomic E-state index is -0.238. The van der Waals surface area contributed by atoms with Gasteiger partial charge in [0.15, 0.2) is 0 Å². The van der Waals surface area contributed by atoms with Gasteiger partial charge >= 0.3 is 0 Å². The van der Waals surface area contributed by atoms with Gasteiger partial charge in [-0.15, -0.1) is 0 Å². The van der Waals surface area contributed by atoms with E-state index >= 15 is 0 Å². The highest BCUT2D eigenvalue weighted by Crippen LogP contribution is 2.41. The van der Waals surface area contributed by atoms with E-state index in [1.54, 1.807) is 6.07 Å². The van der Waals surface area contributed by atoms with E-state index in [-0.39, 0.29) is 5.82 Å². The largest absolute Gasteiger partial charge is 0.383 e. The zero-order valence-electron chi connectivity index (χ0n) is 10.2. The van der Waals surface area contributed by atoms with E-state index in [2.05, 4.69) is 32.6 Å². The van der Waals surface area contributed by atoms with Crippen LogP contribution in [0.2, 0.25) is 0 Å². The number of nitrogens with zero attached hydrogens (tertiary/aromatic N) is 2. The van der Waals surface area contributed by atoms with Crippen molar-refractivity contribution in [3.63, 3.8) is 0 Å². The molecule has 5 heteroatoms. The first-order chi connectivity index (χ1) is 9.13. The molecule has 1 aliphatic carbocycles. The summed E-state index contributed by atoms with van der Waals surface area (Å²) in [7, 11) is 0. The number of aromatic nitrogens is 2. The van der Waals surface area contributed by atoms with E-state index in [0.717, 1.165) is 14.8 Å². The fraction of sp³-hybridized carbons (Fsp3) is 0.286. The lowest BCUT2D eigenvalue weighted by atomic mass is 10.1. The van der Waals surface area contributed by atoms with E-state index < -0.39 is 0 Å². The SMILES string of the molecule is Nc1nc(Cc2cccc(F)c2)nc(C2CC2)c1I. The van der Waals surface area contributed by atoms with Crippen LogP contribution < -0.4 is 5.73 Å². The molecule has 0 unspecified atom stereocenters. The summed E-state index contributed by atoms with van der Waals surface area (Å²) in [6.07, 6.45) is 2.86. The predicted octanol–water partition coefficient (Wildman–Crippen LogP) is 3.27. The Morgan fingerprint density at radius 1 is 1.32 bits per heavy atom. The number of benzene rings is 1. The molecule has 1 aliphatic rings. The van der Waals surface area contributed by atoms with Gasteiger partial charge in [-0.3, -0.25) is 0 Å². The molecule has 1 aromatic heterocycles. The quantitative estimate of drug-likeness (QED) is 0.845. The molecular formula is C14H13FIN3. The minimum Gasteiger partial charge on any atom is -0.383 e. The Morgan fingerprint density at radius 2 is 2.11 bits per heavy atom. The van der Waals surface area contributed by atoms with E-state index in [1.807, 2.05) is 6.07 Å². The molecule has 19 heavy (non-hydrogen) atoms. The minimum absolute atomic E-state index is 0.238. The summed E-state index contributed by atoms with van der Waals surface area (Å²) >= 11 is 2.20. The van der Waals surface area contributed by atoms with Gasteiger partial charge in [-0.25, -0.2) is 14.4 Å². The Labute approximate surface area is 124 Å². The van der Waals surface area contributed by atoms with E-state index in [9.17, 15) is 4.39 Å². The van der Waals surface area contributed by atoms with E-state index in [0.29, 0.717) is 24.0 Å². The molecule has 0 amide bonds. The number of hydrogen-bond acceptors (Lipinski definition) is 3. The molecule has 3 rings (SSSR count). The zero-order chi connectivity index (χ0) is 13.4. The molecular weight excluding hydrogens is 356 g/mol. The number of hydrogen-bond donors (Lipinski definition) is 1. The zero-order valence-corrected chi connectivity index (χ0v) is 12.4. The van der Waals surface area contributed by atoms with E-state index in [4.69, 9.17) is 5.73 Å². The molecule has 1 saturated carbocycles. The van der Waals surface area contributed by atoms with Gasteiger partial charge in [0.1, 0.15) is 17.5 Å². The highest BCUT2D eigenvalue weighted by molar-refractivity contribution is 14.1. The summed E-state index contributed by atoms with van der Waals surface area (Å²) in [6.45, 7) is 0. The summed E-state index contributed by atoms with van der Waals surface area (Å²) in [4.78, 5) is 8.90. The second-order valence-electron chi connectivity index (χ2n) is 4.81. The van der Waals surface area contributed by atoms with Gasteiger partial charge in [0.25, 0.3) is 0 Å². The Hall–Kier alpha value is -1.24. The Kier molecular flexibility index (Phi) is 3.38. The topological polar surface area (TPSA) is 51.8 Å². The maximum absolute atomic E-state index is 13.2. The van der Waals surface area contributed by atoms with E-state index in [1.165, 1.54) is 25.0 Å². The molecule has 1 heterocycles. The van der Waals surface area contributed by atoms with Crippen LogP contribution in [0.25, 0.3) is 0 Å². The van der Waals surface area contributed by atoms with Gasteiger partial charge in [0, 0.05) is 12.3 Å². The summed E-state index contributed by atoms with van der Waals surface area (Å²) in [6, 6.07) is 6.51. The van der Waals surface area contributed by atoms with Gasteiger partial charge < -0.3 is 5.73 Å². The molecule has 1 aromatic carbocycles. The molecule has 0 atom stereocenters. The Bertz CT molecular complexity index is 626. The maximum atomic E-state index is 13.2. The monoisotopic (exact) mass is 369 g/mol. The number of anilines is 1. The van der Waals surface area contributed by atoms with Gasteiger partial charge in [0.2, 0.25) is 0 Å². The Morgan fingerprint density at radius 3 is 2.79 bits per heavy atom. The third-order valence-corrected chi connectivity index (χ3v) is 4.27. The van der Waals surface area contributed by atoms with Crippen LogP contribution in [-0.4, -0.2) is 9.97 Å². The van der Waals surface area contributed by atoms with Gasteiger partial charge in [-0.2, -0.15) is 0 Å². The third kappa shape index (κ3) is 2.86. The van der Waals surface area contributed by atoms with Crippen molar-refractivity contribution in [3.05, 3.63) is 50.7 Å². The number of rotatable bonds is 3. The molecule has 2 N–H and O–H groups in total. The summed E-state index contributed by atoms with van der Waals surface area (Å²) in [5.41, 5.74) is 7.86. The van der Waals surface area contributed by atoms with Gasteiger partial charge in [0.05, 0.1) is 9.26 Å². The average Bonchev–Trinajstić information content (AvgIpc) is 3.18.